The van der Waals surface area contributed by atoms with Crippen LogP contribution in [0.25, 0.3) is 5.52 Å². The van der Waals surface area contributed by atoms with Crippen molar-refractivity contribution in [1.29, 1.82) is 0 Å². The summed E-state index contributed by atoms with van der Waals surface area (Å²) in [5, 5.41) is 7.27. The van der Waals surface area contributed by atoms with Crippen LogP contribution < -0.4 is 14.8 Å². The van der Waals surface area contributed by atoms with Gasteiger partial charge in [-0.1, -0.05) is 54.6 Å². The molecule has 1 N–H and O–H groups in total. The number of pyridine rings is 2. The van der Waals surface area contributed by atoms with Crippen molar-refractivity contribution >= 4 is 17.2 Å². The van der Waals surface area contributed by atoms with Gasteiger partial charge in [0.15, 0.2) is 0 Å². The van der Waals surface area contributed by atoms with Gasteiger partial charge in [0, 0.05) is 6.20 Å². The van der Waals surface area contributed by atoms with Crippen molar-refractivity contribution in [3.05, 3.63) is 115 Å². The number of para-hydroxylation sites is 1. The molecule has 3 heterocycles. The van der Waals surface area contributed by atoms with Crippen LogP contribution >= 0.6 is 0 Å². The number of anilines is 1. The Morgan fingerprint density at radius 2 is 1.61 bits per heavy atom. The molecule has 0 bridgehead atoms. The normalized spacial score (nSPS) is 10.7. The molecule has 5 aromatic rings. The zero-order valence-corrected chi connectivity index (χ0v) is 17.6. The molecule has 33 heavy (non-hydrogen) atoms. The van der Waals surface area contributed by atoms with E-state index in [1.807, 2.05) is 78.9 Å². The summed E-state index contributed by atoms with van der Waals surface area (Å²) in [6.45, 7) is 0.300. The van der Waals surface area contributed by atoms with Gasteiger partial charge in [0.2, 0.25) is 5.88 Å². The number of rotatable bonds is 7. The molecular weight excluding hydrogens is 416 g/mol. The molecule has 0 unspecified atom stereocenters. The van der Waals surface area contributed by atoms with E-state index in [0.717, 1.165) is 5.56 Å². The standard InChI is InChI=1S/C26H20N4O3/c31-25(28-23-15-14-21(17-27-23)33-20-11-5-2-6-12-20)24-22-13-7-8-16-30(22)29-26(24)32-18-19-9-3-1-4-10-19/h1-17H,18H2,(H,27,28,31). The highest BCUT2D eigenvalue weighted by Crippen LogP contribution is 2.25. The van der Waals surface area contributed by atoms with E-state index in [1.54, 1.807) is 29.0 Å². The SMILES string of the molecule is O=C(Nc1ccc(Oc2ccccc2)cn1)c1c(OCc2ccccc2)nn2ccccc12. The number of benzene rings is 2. The first-order valence-electron chi connectivity index (χ1n) is 10.4. The van der Waals surface area contributed by atoms with E-state index >= 15 is 0 Å². The minimum Gasteiger partial charge on any atom is -0.471 e. The van der Waals surface area contributed by atoms with Crippen molar-refractivity contribution in [2.75, 3.05) is 5.32 Å². The Morgan fingerprint density at radius 3 is 2.36 bits per heavy atom. The maximum atomic E-state index is 13.2. The van der Waals surface area contributed by atoms with Crippen LogP contribution in [-0.2, 0) is 6.61 Å². The molecule has 0 saturated heterocycles. The molecule has 0 fully saturated rings. The molecule has 0 atom stereocenters. The van der Waals surface area contributed by atoms with E-state index in [1.165, 1.54) is 0 Å². The van der Waals surface area contributed by atoms with Gasteiger partial charge in [0.25, 0.3) is 5.91 Å². The fraction of sp³-hybridized carbons (Fsp3) is 0.0385. The monoisotopic (exact) mass is 436 g/mol. The molecular formula is C26H20N4O3. The number of fused-ring (bicyclic) bond motifs is 1. The van der Waals surface area contributed by atoms with Gasteiger partial charge in [-0.25, -0.2) is 9.50 Å². The summed E-state index contributed by atoms with van der Waals surface area (Å²) in [4.78, 5) is 17.5. The summed E-state index contributed by atoms with van der Waals surface area (Å²) < 4.78 is 13.3. The zero-order chi connectivity index (χ0) is 22.5. The van der Waals surface area contributed by atoms with Crippen molar-refractivity contribution < 1.29 is 14.3 Å². The molecule has 1 amide bonds. The third kappa shape index (κ3) is 4.67. The number of nitrogens with one attached hydrogen (secondary N) is 1. The maximum Gasteiger partial charge on any atom is 0.264 e. The molecule has 3 aromatic heterocycles. The summed E-state index contributed by atoms with van der Waals surface area (Å²) in [7, 11) is 0. The van der Waals surface area contributed by atoms with E-state index in [-0.39, 0.29) is 11.8 Å². The first-order chi connectivity index (χ1) is 16.3. The number of hydrogen-bond acceptors (Lipinski definition) is 5. The van der Waals surface area contributed by atoms with E-state index in [2.05, 4.69) is 15.4 Å². The van der Waals surface area contributed by atoms with Crippen LogP contribution in [0.15, 0.2) is 103 Å². The molecule has 7 heteroatoms. The average molecular weight is 436 g/mol. The maximum absolute atomic E-state index is 13.2. The van der Waals surface area contributed by atoms with Crippen molar-refractivity contribution in [2.24, 2.45) is 0 Å². The minimum atomic E-state index is -0.358. The molecule has 162 valence electrons. The van der Waals surface area contributed by atoms with Crippen molar-refractivity contribution in [3.63, 3.8) is 0 Å². The van der Waals surface area contributed by atoms with Gasteiger partial charge in [-0.05, 0) is 42.0 Å². The highest BCUT2D eigenvalue weighted by atomic mass is 16.5. The third-order valence-electron chi connectivity index (χ3n) is 4.91. The van der Waals surface area contributed by atoms with E-state index in [0.29, 0.717) is 35.0 Å². The second-order valence-electron chi connectivity index (χ2n) is 7.23. The zero-order valence-electron chi connectivity index (χ0n) is 17.6. The Hall–Kier alpha value is -4.65. The van der Waals surface area contributed by atoms with Gasteiger partial charge in [0.1, 0.15) is 29.5 Å². The van der Waals surface area contributed by atoms with Crippen LogP contribution in [0.2, 0.25) is 0 Å². The van der Waals surface area contributed by atoms with Crippen molar-refractivity contribution in [3.8, 4) is 17.4 Å². The Labute approximate surface area is 190 Å². The number of nitrogens with zero attached hydrogens (tertiary/aromatic N) is 3. The quantitative estimate of drug-likeness (QED) is 0.372. The first-order valence-corrected chi connectivity index (χ1v) is 10.4. The Kier molecular flexibility index (Phi) is 5.67. The molecule has 5 rings (SSSR count). The van der Waals surface area contributed by atoms with Gasteiger partial charge >= 0.3 is 0 Å². The number of ether oxygens (including phenoxy) is 2. The Morgan fingerprint density at radius 1 is 0.848 bits per heavy atom. The van der Waals surface area contributed by atoms with Crippen LogP contribution in [0.4, 0.5) is 5.82 Å². The predicted octanol–water partition coefficient (Wildman–Crippen LogP) is 5.35. The number of aromatic nitrogens is 3. The third-order valence-corrected chi connectivity index (χ3v) is 4.91. The summed E-state index contributed by atoms with van der Waals surface area (Å²) in [6, 6.07) is 28.1. The fourth-order valence-corrected chi connectivity index (χ4v) is 3.34. The predicted molar refractivity (Wildman–Crippen MR) is 125 cm³/mol. The number of amides is 1. The second kappa shape index (κ2) is 9.23. The lowest BCUT2D eigenvalue weighted by Crippen LogP contribution is -2.14. The van der Waals surface area contributed by atoms with Crippen LogP contribution in [0, 0.1) is 0 Å². The smallest absolute Gasteiger partial charge is 0.264 e. The Balaban J connectivity index is 1.35. The number of hydrogen-bond donors (Lipinski definition) is 1. The number of carbonyl (C=O) groups is 1. The highest BCUT2D eigenvalue weighted by molar-refractivity contribution is 6.10. The molecule has 0 radical (unpaired) electrons. The first kappa shape index (κ1) is 20.3. The lowest BCUT2D eigenvalue weighted by atomic mass is 10.2. The highest BCUT2D eigenvalue weighted by Gasteiger charge is 2.21. The van der Waals surface area contributed by atoms with Crippen LogP contribution in [0.1, 0.15) is 15.9 Å². The summed E-state index contributed by atoms with van der Waals surface area (Å²) in [6.07, 6.45) is 3.33. The lowest BCUT2D eigenvalue weighted by molar-refractivity contribution is 0.102. The van der Waals surface area contributed by atoms with Gasteiger partial charge in [-0.3, -0.25) is 4.79 Å². The van der Waals surface area contributed by atoms with Gasteiger partial charge in [-0.15, -0.1) is 5.10 Å². The van der Waals surface area contributed by atoms with E-state index in [4.69, 9.17) is 9.47 Å². The molecule has 0 aliphatic carbocycles. The van der Waals surface area contributed by atoms with Gasteiger partial charge in [-0.2, -0.15) is 0 Å². The molecule has 7 nitrogen and oxygen atoms in total. The molecule has 0 aliphatic rings. The summed E-state index contributed by atoms with van der Waals surface area (Å²) in [5.74, 6) is 1.57. The van der Waals surface area contributed by atoms with Crippen molar-refractivity contribution in [1.82, 2.24) is 14.6 Å². The molecule has 0 spiro atoms. The largest absolute Gasteiger partial charge is 0.471 e. The van der Waals surface area contributed by atoms with Crippen molar-refractivity contribution in [2.45, 2.75) is 6.61 Å². The lowest BCUT2D eigenvalue weighted by Gasteiger charge is -2.08. The summed E-state index contributed by atoms with van der Waals surface area (Å²) >= 11 is 0. The topological polar surface area (TPSA) is 77.8 Å². The average Bonchev–Trinajstić information content (AvgIpc) is 3.24. The molecule has 2 aromatic carbocycles. The van der Waals surface area contributed by atoms with Gasteiger partial charge in [0.05, 0.1) is 11.7 Å². The van der Waals surface area contributed by atoms with E-state index in [9.17, 15) is 4.79 Å². The van der Waals surface area contributed by atoms with Crippen LogP contribution in [0.5, 0.6) is 17.4 Å². The Bertz CT molecular complexity index is 1370. The minimum absolute atomic E-state index is 0.256. The second-order valence-corrected chi connectivity index (χ2v) is 7.23. The summed E-state index contributed by atoms with van der Waals surface area (Å²) in [5.41, 5.74) is 1.97. The fourth-order valence-electron chi connectivity index (χ4n) is 3.34. The molecule has 0 aliphatic heterocycles. The van der Waals surface area contributed by atoms with Gasteiger partial charge < -0.3 is 14.8 Å². The van der Waals surface area contributed by atoms with Crippen LogP contribution in [0.3, 0.4) is 0 Å². The van der Waals surface area contributed by atoms with E-state index < -0.39 is 0 Å². The number of carbonyl (C=O) groups excluding carboxylic acids is 1. The van der Waals surface area contributed by atoms with Crippen LogP contribution in [-0.4, -0.2) is 20.5 Å². The molecule has 0 saturated carbocycles.